The molecule has 19 heavy (non-hydrogen) atoms. The summed E-state index contributed by atoms with van der Waals surface area (Å²) in [4.78, 5) is 0. The van der Waals surface area contributed by atoms with E-state index in [1.54, 1.807) is 21.3 Å². The summed E-state index contributed by atoms with van der Waals surface area (Å²) in [6.07, 6.45) is 2.49. The Kier molecular flexibility index (Phi) is 6.58. The molecule has 0 spiro atoms. The molecule has 0 saturated carbocycles. The van der Waals surface area contributed by atoms with E-state index in [4.69, 9.17) is 14.2 Å². The van der Waals surface area contributed by atoms with Gasteiger partial charge in [0, 0.05) is 18.4 Å². The van der Waals surface area contributed by atoms with Crippen molar-refractivity contribution in [2.45, 2.75) is 26.2 Å². The van der Waals surface area contributed by atoms with E-state index < -0.39 is 0 Å². The average Bonchev–Trinajstić information content (AvgIpc) is 2.42. The van der Waals surface area contributed by atoms with Gasteiger partial charge >= 0.3 is 0 Å². The van der Waals surface area contributed by atoms with Gasteiger partial charge in [0.05, 0.1) is 25.8 Å². The van der Waals surface area contributed by atoms with Crippen molar-refractivity contribution in [2.24, 2.45) is 0 Å². The molecule has 0 atom stereocenters. The summed E-state index contributed by atoms with van der Waals surface area (Å²) in [5.41, 5.74) is 1.05. The second-order valence-electron chi connectivity index (χ2n) is 3.82. The van der Waals surface area contributed by atoms with Crippen LogP contribution in [0.2, 0.25) is 0 Å². The van der Waals surface area contributed by atoms with Gasteiger partial charge < -0.3 is 14.2 Å². The lowest BCUT2D eigenvalue weighted by Crippen LogP contribution is -2.00. The second kappa shape index (κ2) is 7.96. The Morgan fingerprint density at radius 2 is 1.63 bits per heavy atom. The lowest BCUT2D eigenvalue weighted by Gasteiger charge is -2.16. The van der Waals surface area contributed by atoms with Crippen LogP contribution in [-0.2, 0) is 6.42 Å². The monoisotopic (exact) mass is 326 g/mol. The third-order valence-electron chi connectivity index (χ3n) is 2.66. The van der Waals surface area contributed by atoms with Crippen molar-refractivity contribution in [1.29, 1.82) is 0 Å². The van der Waals surface area contributed by atoms with E-state index in [1.807, 2.05) is 13.0 Å². The van der Waals surface area contributed by atoms with E-state index in [9.17, 15) is 0 Å². The molecule has 0 radical (unpaired) electrons. The highest BCUT2D eigenvalue weighted by Gasteiger charge is 2.19. The van der Waals surface area contributed by atoms with Crippen LogP contribution in [0.4, 0.5) is 0 Å². The molecule has 0 saturated heterocycles. The normalized spacial score (nSPS) is 9.53. The van der Waals surface area contributed by atoms with Gasteiger partial charge in [-0.25, -0.2) is 0 Å². The molecule has 0 fully saturated rings. The minimum absolute atomic E-state index is 0.609. The summed E-state index contributed by atoms with van der Waals surface area (Å²) in [5, 5.41) is 0. The standard InChI is InChI=1S/C15H19BrO3/c1-5-6-7-8-9-11-10-12(16)14(18-3)15(19-4)13(11)17-2/h10H,5,8-9H2,1-4H3. The van der Waals surface area contributed by atoms with Gasteiger partial charge in [-0.05, 0) is 28.4 Å². The summed E-state index contributed by atoms with van der Waals surface area (Å²) in [6.45, 7) is 2.04. The highest BCUT2D eigenvalue weighted by atomic mass is 79.9. The number of hydrogen-bond donors (Lipinski definition) is 0. The van der Waals surface area contributed by atoms with Gasteiger partial charge in [-0.3, -0.25) is 0 Å². The first-order chi connectivity index (χ1) is 9.19. The second-order valence-corrected chi connectivity index (χ2v) is 4.68. The maximum atomic E-state index is 5.45. The molecule has 0 amide bonds. The van der Waals surface area contributed by atoms with Crippen LogP contribution in [0, 0.1) is 11.8 Å². The lowest BCUT2D eigenvalue weighted by molar-refractivity contribution is 0.321. The number of benzene rings is 1. The van der Waals surface area contributed by atoms with E-state index in [1.165, 1.54) is 0 Å². The predicted molar refractivity (Wildman–Crippen MR) is 80.2 cm³/mol. The summed E-state index contributed by atoms with van der Waals surface area (Å²) in [6, 6.07) is 1.99. The Morgan fingerprint density at radius 1 is 1.00 bits per heavy atom. The third kappa shape index (κ3) is 3.81. The van der Waals surface area contributed by atoms with Crippen LogP contribution in [0.5, 0.6) is 17.2 Å². The minimum atomic E-state index is 0.609. The Hall–Kier alpha value is -1.34. The molecule has 0 unspecified atom stereocenters. The number of methoxy groups -OCH3 is 3. The number of rotatable bonds is 5. The molecule has 0 aliphatic rings. The van der Waals surface area contributed by atoms with Crippen molar-refractivity contribution in [3.05, 3.63) is 16.1 Å². The van der Waals surface area contributed by atoms with Crippen molar-refractivity contribution >= 4 is 15.9 Å². The molecule has 0 heterocycles. The van der Waals surface area contributed by atoms with E-state index in [2.05, 4.69) is 27.8 Å². The highest BCUT2D eigenvalue weighted by Crippen LogP contribution is 2.45. The zero-order valence-electron chi connectivity index (χ0n) is 11.8. The van der Waals surface area contributed by atoms with Gasteiger partial charge in [-0.15, -0.1) is 11.8 Å². The largest absolute Gasteiger partial charge is 0.492 e. The minimum Gasteiger partial charge on any atom is -0.492 e. The van der Waals surface area contributed by atoms with Crippen LogP contribution in [0.1, 0.15) is 25.3 Å². The van der Waals surface area contributed by atoms with E-state index in [0.29, 0.717) is 17.2 Å². The third-order valence-corrected chi connectivity index (χ3v) is 3.24. The lowest BCUT2D eigenvalue weighted by atomic mass is 10.1. The molecule has 1 rings (SSSR count). The molecule has 1 aromatic carbocycles. The van der Waals surface area contributed by atoms with Crippen LogP contribution >= 0.6 is 15.9 Å². The first-order valence-corrected chi connectivity index (χ1v) is 6.91. The van der Waals surface area contributed by atoms with Crippen molar-refractivity contribution < 1.29 is 14.2 Å². The molecule has 0 N–H and O–H groups in total. The van der Waals surface area contributed by atoms with Gasteiger partial charge in [-0.2, -0.15) is 0 Å². The molecule has 1 aromatic rings. The van der Waals surface area contributed by atoms with Crippen LogP contribution in [0.25, 0.3) is 0 Å². The molecular formula is C15H19BrO3. The van der Waals surface area contributed by atoms with E-state index >= 15 is 0 Å². The fourth-order valence-corrected chi connectivity index (χ4v) is 2.46. The molecule has 3 nitrogen and oxygen atoms in total. The summed E-state index contributed by atoms with van der Waals surface area (Å²) >= 11 is 3.49. The van der Waals surface area contributed by atoms with Gasteiger partial charge in [0.2, 0.25) is 5.75 Å². The smallest absolute Gasteiger partial charge is 0.204 e. The van der Waals surface area contributed by atoms with Gasteiger partial charge in [0.15, 0.2) is 11.5 Å². The molecule has 0 aliphatic heterocycles. The van der Waals surface area contributed by atoms with E-state index in [0.717, 1.165) is 29.3 Å². The molecule has 0 aliphatic carbocycles. The molecule has 104 valence electrons. The number of hydrogen-bond acceptors (Lipinski definition) is 3. The van der Waals surface area contributed by atoms with Crippen LogP contribution in [-0.4, -0.2) is 21.3 Å². The Labute approximate surface area is 123 Å². The predicted octanol–water partition coefficient (Wildman–Crippen LogP) is 3.82. The highest BCUT2D eigenvalue weighted by molar-refractivity contribution is 9.10. The Balaban J connectivity index is 3.13. The molecular weight excluding hydrogens is 308 g/mol. The Morgan fingerprint density at radius 3 is 2.16 bits per heavy atom. The zero-order chi connectivity index (χ0) is 14.3. The summed E-state index contributed by atoms with van der Waals surface area (Å²) < 4.78 is 17.0. The zero-order valence-corrected chi connectivity index (χ0v) is 13.4. The van der Waals surface area contributed by atoms with Crippen molar-refractivity contribution in [3.63, 3.8) is 0 Å². The first kappa shape index (κ1) is 15.7. The number of ether oxygens (including phenoxy) is 3. The van der Waals surface area contributed by atoms with Crippen LogP contribution in [0.3, 0.4) is 0 Å². The Bertz CT molecular complexity index is 486. The van der Waals surface area contributed by atoms with Gasteiger partial charge in [0.1, 0.15) is 0 Å². The molecule has 0 aromatic heterocycles. The van der Waals surface area contributed by atoms with Gasteiger partial charge in [-0.1, -0.05) is 6.92 Å². The number of aryl methyl sites for hydroxylation is 1. The quantitative estimate of drug-likeness (QED) is 0.770. The SMILES string of the molecule is CCC#CCCc1cc(Br)c(OC)c(OC)c1OC. The fourth-order valence-electron chi connectivity index (χ4n) is 1.84. The first-order valence-electron chi connectivity index (χ1n) is 6.12. The van der Waals surface area contributed by atoms with Crippen LogP contribution < -0.4 is 14.2 Å². The van der Waals surface area contributed by atoms with E-state index in [-0.39, 0.29) is 0 Å². The van der Waals surface area contributed by atoms with Gasteiger partial charge in [0.25, 0.3) is 0 Å². The fraction of sp³-hybridized carbons (Fsp3) is 0.467. The topological polar surface area (TPSA) is 27.7 Å². The number of halogens is 1. The molecule has 4 heteroatoms. The van der Waals surface area contributed by atoms with Crippen molar-refractivity contribution in [3.8, 4) is 29.1 Å². The van der Waals surface area contributed by atoms with Crippen LogP contribution in [0.15, 0.2) is 10.5 Å². The summed E-state index contributed by atoms with van der Waals surface area (Å²) in [7, 11) is 4.84. The molecule has 0 bridgehead atoms. The van der Waals surface area contributed by atoms with Crippen molar-refractivity contribution in [1.82, 2.24) is 0 Å². The average molecular weight is 327 g/mol. The maximum absolute atomic E-state index is 5.45. The maximum Gasteiger partial charge on any atom is 0.204 e. The summed E-state index contributed by atoms with van der Waals surface area (Å²) in [5.74, 6) is 8.15. The van der Waals surface area contributed by atoms with Crippen molar-refractivity contribution in [2.75, 3.05) is 21.3 Å².